The number of amides is 1. The Balaban J connectivity index is 2.03. The molecule has 1 saturated heterocycles. The Labute approximate surface area is 164 Å². The molecule has 0 aromatic heterocycles. The van der Waals surface area contributed by atoms with Gasteiger partial charge in [-0.1, -0.05) is 0 Å². The lowest BCUT2D eigenvalue weighted by atomic mass is 10.1. The predicted octanol–water partition coefficient (Wildman–Crippen LogP) is 3.56. The Morgan fingerprint density at radius 2 is 1.56 bits per heavy atom. The van der Waals surface area contributed by atoms with Crippen molar-refractivity contribution in [1.82, 2.24) is 0 Å². The van der Waals surface area contributed by atoms with Crippen molar-refractivity contribution in [3.8, 4) is 17.2 Å². The summed E-state index contributed by atoms with van der Waals surface area (Å²) in [7, 11) is 8.77. The molecule has 7 heteroatoms. The maximum absolute atomic E-state index is 12.7. The lowest BCUT2D eigenvalue weighted by Gasteiger charge is -2.27. The highest BCUT2D eigenvalue weighted by Crippen LogP contribution is 2.48. The quantitative estimate of drug-likeness (QED) is 0.754. The molecule has 0 saturated carbocycles. The standard InChI is InChI=1S/C20H24N2O4S/c1-21(2)13-6-8-14(9-7-13)22-19(23)12-27-20(22)15-10-17(25-4)18(26-5)11-16(15)24-3/h6-11,20H,12H2,1-5H3. The van der Waals surface area contributed by atoms with E-state index < -0.39 is 0 Å². The van der Waals surface area contributed by atoms with Gasteiger partial charge in [0.05, 0.1) is 27.1 Å². The summed E-state index contributed by atoms with van der Waals surface area (Å²) in [6.45, 7) is 0. The monoisotopic (exact) mass is 388 g/mol. The Morgan fingerprint density at radius 3 is 2.11 bits per heavy atom. The fourth-order valence-electron chi connectivity index (χ4n) is 3.09. The van der Waals surface area contributed by atoms with Crippen LogP contribution in [0.15, 0.2) is 36.4 Å². The maximum Gasteiger partial charge on any atom is 0.238 e. The molecule has 0 aliphatic carbocycles. The highest BCUT2D eigenvalue weighted by Gasteiger charge is 2.36. The normalized spacial score (nSPS) is 16.4. The number of rotatable bonds is 6. The van der Waals surface area contributed by atoms with Crippen LogP contribution in [0, 0.1) is 0 Å². The summed E-state index contributed by atoms with van der Waals surface area (Å²) in [6.07, 6.45) is 0. The number of hydrogen-bond donors (Lipinski definition) is 0. The molecule has 1 aliphatic rings. The topological polar surface area (TPSA) is 51.2 Å². The molecule has 1 heterocycles. The minimum absolute atomic E-state index is 0.0689. The molecule has 2 aromatic carbocycles. The fraction of sp³-hybridized carbons (Fsp3) is 0.350. The summed E-state index contributed by atoms with van der Waals surface area (Å²) in [6, 6.07) is 11.6. The van der Waals surface area contributed by atoms with Crippen LogP contribution in [0.3, 0.4) is 0 Å². The van der Waals surface area contributed by atoms with Gasteiger partial charge in [0.15, 0.2) is 11.5 Å². The first kappa shape index (κ1) is 19.2. The predicted molar refractivity (Wildman–Crippen MR) is 110 cm³/mol. The number of thioether (sulfide) groups is 1. The van der Waals surface area contributed by atoms with Crippen molar-refractivity contribution < 1.29 is 19.0 Å². The van der Waals surface area contributed by atoms with Gasteiger partial charge in [-0.2, -0.15) is 0 Å². The molecule has 1 aliphatic heterocycles. The van der Waals surface area contributed by atoms with Crippen LogP contribution in [0.25, 0.3) is 0 Å². The average Bonchev–Trinajstić information content (AvgIpc) is 3.08. The Hall–Kier alpha value is -2.54. The molecule has 6 nitrogen and oxygen atoms in total. The zero-order chi connectivity index (χ0) is 19.6. The van der Waals surface area contributed by atoms with Gasteiger partial charge in [-0.3, -0.25) is 9.69 Å². The maximum atomic E-state index is 12.7. The van der Waals surface area contributed by atoms with Gasteiger partial charge in [-0.05, 0) is 30.3 Å². The molecule has 0 spiro atoms. The van der Waals surface area contributed by atoms with Crippen molar-refractivity contribution >= 4 is 29.0 Å². The number of nitrogens with zero attached hydrogens (tertiary/aromatic N) is 2. The average molecular weight is 388 g/mol. The van der Waals surface area contributed by atoms with Gasteiger partial charge in [0.25, 0.3) is 0 Å². The van der Waals surface area contributed by atoms with Crippen LogP contribution in [0.4, 0.5) is 11.4 Å². The van der Waals surface area contributed by atoms with E-state index in [2.05, 4.69) is 0 Å². The number of carbonyl (C=O) groups excluding carboxylic acids is 1. The van der Waals surface area contributed by atoms with Gasteiger partial charge in [0.2, 0.25) is 5.91 Å². The SMILES string of the molecule is COc1cc(OC)c(C2SCC(=O)N2c2ccc(N(C)C)cc2)cc1OC. The second kappa shape index (κ2) is 8.00. The summed E-state index contributed by atoms with van der Waals surface area (Å²) in [5.74, 6) is 2.34. The van der Waals surface area contributed by atoms with Crippen LogP contribution in [0.1, 0.15) is 10.9 Å². The third kappa shape index (κ3) is 3.64. The van der Waals surface area contributed by atoms with Crippen molar-refractivity contribution in [1.29, 1.82) is 0 Å². The van der Waals surface area contributed by atoms with E-state index in [0.29, 0.717) is 23.0 Å². The van der Waals surface area contributed by atoms with Gasteiger partial charge in [-0.25, -0.2) is 0 Å². The van der Waals surface area contributed by atoms with Crippen LogP contribution in [-0.4, -0.2) is 47.1 Å². The van der Waals surface area contributed by atoms with E-state index >= 15 is 0 Å². The second-order valence-corrected chi connectivity index (χ2v) is 7.36. The number of anilines is 2. The van der Waals surface area contributed by atoms with Gasteiger partial charge in [-0.15, -0.1) is 11.8 Å². The van der Waals surface area contributed by atoms with Crippen LogP contribution in [0.5, 0.6) is 17.2 Å². The third-order valence-electron chi connectivity index (χ3n) is 4.51. The van der Waals surface area contributed by atoms with Gasteiger partial charge in [0.1, 0.15) is 11.1 Å². The van der Waals surface area contributed by atoms with Crippen molar-refractivity contribution in [3.63, 3.8) is 0 Å². The molecule has 0 radical (unpaired) electrons. The summed E-state index contributed by atoms with van der Waals surface area (Å²) < 4.78 is 16.4. The summed E-state index contributed by atoms with van der Waals surface area (Å²) in [5.41, 5.74) is 2.82. The van der Waals surface area contributed by atoms with Gasteiger partial charge >= 0.3 is 0 Å². The molecule has 0 bridgehead atoms. The highest BCUT2D eigenvalue weighted by molar-refractivity contribution is 8.00. The van der Waals surface area contributed by atoms with Gasteiger partial charge in [0, 0.05) is 37.1 Å². The van der Waals surface area contributed by atoms with Crippen LogP contribution in [0.2, 0.25) is 0 Å². The zero-order valence-electron chi connectivity index (χ0n) is 16.2. The fourth-order valence-corrected chi connectivity index (χ4v) is 4.28. The number of methoxy groups -OCH3 is 3. The van der Waals surface area contributed by atoms with E-state index in [1.165, 1.54) is 0 Å². The molecular formula is C20H24N2O4S. The Kier molecular flexibility index (Phi) is 5.70. The molecule has 1 amide bonds. The van der Waals surface area contributed by atoms with Crippen molar-refractivity contribution in [2.45, 2.75) is 5.37 Å². The smallest absolute Gasteiger partial charge is 0.238 e. The number of carbonyl (C=O) groups is 1. The van der Waals surface area contributed by atoms with Crippen LogP contribution >= 0.6 is 11.8 Å². The first-order chi connectivity index (χ1) is 13.0. The zero-order valence-corrected chi connectivity index (χ0v) is 17.0. The molecule has 3 rings (SSSR count). The lowest BCUT2D eigenvalue weighted by Crippen LogP contribution is -2.28. The first-order valence-corrected chi connectivity index (χ1v) is 9.56. The molecule has 27 heavy (non-hydrogen) atoms. The molecule has 2 aromatic rings. The molecule has 1 atom stereocenters. The van der Waals surface area contributed by atoms with Crippen LogP contribution in [-0.2, 0) is 4.79 Å². The Bertz CT molecular complexity index is 823. The molecule has 144 valence electrons. The van der Waals surface area contributed by atoms with E-state index in [9.17, 15) is 4.79 Å². The first-order valence-electron chi connectivity index (χ1n) is 8.51. The third-order valence-corrected chi connectivity index (χ3v) is 5.71. The van der Waals surface area contributed by atoms with E-state index in [0.717, 1.165) is 16.9 Å². The molecule has 1 unspecified atom stereocenters. The van der Waals surface area contributed by atoms with Crippen LogP contribution < -0.4 is 24.0 Å². The Morgan fingerprint density at radius 1 is 0.963 bits per heavy atom. The van der Waals surface area contributed by atoms with E-state index in [1.807, 2.05) is 54.2 Å². The summed E-state index contributed by atoms with van der Waals surface area (Å²) >= 11 is 1.57. The van der Waals surface area contributed by atoms with Crippen molar-refractivity contribution in [2.75, 3.05) is 51.0 Å². The second-order valence-electron chi connectivity index (χ2n) is 6.29. The van der Waals surface area contributed by atoms with E-state index in [1.54, 1.807) is 39.2 Å². The number of ether oxygens (including phenoxy) is 3. The largest absolute Gasteiger partial charge is 0.496 e. The van der Waals surface area contributed by atoms with Crippen molar-refractivity contribution in [3.05, 3.63) is 42.0 Å². The summed E-state index contributed by atoms with van der Waals surface area (Å²) in [5, 5.41) is -0.197. The highest BCUT2D eigenvalue weighted by atomic mass is 32.2. The van der Waals surface area contributed by atoms with E-state index in [4.69, 9.17) is 14.2 Å². The minimum atomic E-state index is -0.197. The minimum Gasteiger partial charge on any atom is -0.496 e. The van der Waals surface area contributed by atoms with E-state index in [-0.39, 0.29) is 11.3 Å². The summed E-state index contributed by atoms with van der Waals surface area (Å²) in [4.78, 5) is 16.5. The lowest BCUT2D eigenvalue weighted by molar-refractivity contribution is -0.115. The van der Waals surface area contributed by atoms with Crippen molar-refractivity contribution in [2.24, 2.45) is 0 Å². The molecular weight excluding hydrogens is 364 g/mol. The number of hydrogen-bond acceptors (Lipinski definition) is 6. The molecule has 0 N–H and O–H groups in total. The molecule has 1 fully saturated rings. The number of benzene rings is 2. The van der Waals surface area contributed by atoms with Gasteiger partial charge < -0.3 is 19.1 Å².